The highest BCUT2D eigenvalue weighted by Gasteiger charge is 1.96. The first-order valence-corrected chi connectivity index (χ1v) is 5.30. The maximum atomic E-state index is 11.5. The molecule has 3 nitrogen and oxygen atoms in total. The molecule has 0 spiro atoms. The van der Waals surface area contributed by atoms with Gasteiger partial charge in [-0.3, -0.25) is 4.79 Å². The zero-order valence-electron chi connectivity index (χ0n) is 9.61. The Morgan fingerprint density at radius 2 is 1.78 bits per heavy atom. The fourth-order valence-electron chi connectivity index (χ4n) is 1.34. The van der Waals surface area contributed by atoms with Crippen LogP contribution < -0.4 is 5.32 Å². The van der Waals surface area contributed by atoms with Gasteiger partial charge in [-0.05, 0) is 23.8 Å². The summed E-state index contributed by atoms with van der Waals surface area (Å²) in [5, 5.41) is 2.68. The van der Waals surface area contributed by atoms with Gasteiger partial charge in [0, 0.05) is 12.3 Å². The minimum Gasteiger partial charge on any atom is -0.307 e. The number of nitrogens with one attached hydrogen (secondary N) is 1. The van der Waals surface area contributed by atoms with Gasteiger partial charge in [-0.15, -0.1) is 12.4 Å². The van der Waals surface area contributed by atoms with E-state index in [1.807, 2.05) is 36.4 Å². The van der Waals surface area contributed by atoms with Crippen molar-refractivity contribution in [3.8, 4) is 0 Å². The van der Waals surface area contributed by atoms with Crippen molar-refractivity contribution >= 4 is 30.2 Å². The van der Waals surface area contributed by atoms with Crippen LogP contribution in [0, 0.1) is 0 Å². The van der Waals surface area contributed by atoms with Crippen LogP contribution in [0.1, 0.15) is 5.56 Å². The van der Waals surface area contributed by atoms with E-state index in [4.69, 9.17) is 0 Å². The van der Waals surface area contributed by atoms with Crippen LogP contribution >= 0.6 is 12.4 Å². The molecular weight excluding hydrogens is 248 g/mol. The molecule has 0 unspecified atom stereocenters. The maximum Gasteiger partial charge on any atom is 0.249 e. The summed E-state index contributed by atoms with van der Waals surface area (Å²) in [5.74, 6) is 0.364. The SMILES string of the molecule is Cl.O=C(C=Cc1ccccc1)Nc1ccccn1. The first-order valence-electron chi connectivity index (χ1n) is 5.30. The molecule has 0 atom stereocenters. The smallest absolute Gasteiger partial charge is 0.249 e. The Bertz CT molecular complexity index is 512. The predicted molar refractivity (Wildman–Crippen MR) is 75.6 cm³/mol. The molecule has 1 aromatic heterocycles. The molecule has 1 aromatic carbocycles. The summed E-state index contributed by atoms with van der Waals surface area (Å²) in [7, 11) is 0. The number of benzene rings is 1. The minimum absolute atomic E-state index is 0. The van der Waals surface area contributed by atoms with Gasteiger partial charge in [0.15, 0.2) is 0 Å². The van der Waals surface area contributed by atoms with E-state index in [-0.39, 0.29) is 18.3 Å². The van der Waals surface area contributed by atoms with Crippen molar-refractivity contribution in [3.05, 3.63) is 66.4 Å². The molecule has 4 heteroatoms. The van der Waals surface area contributed by atoms with Crippen LogP contribution in [0.25, 0.3) is 6.08 Å². The Kier molecular flexibility index (Phi) is 5.61. The summed E-state index contributed by atoms with van der Waals surface area (Å²) in [6.07, 6.45) is 4.89. The molecule has 1 amide bonds. The summed E-state index contributed by atoms with van der Waals surface area (Å²) in [4.78, 5) is 15.6. The third-order valence-corrected chi connectivity index (χ3v) is 2.14. The monoisotopic (exact) mass is 260 g/mol. The average molecular weight is 261 g/mol. The lowest BCUT2D eigenvalue weighted by Crippen LogP contribution is -2.08. The fraction of sp³-hybridized carbons (Fsp3) is 0. The van der Waals surface area contributed by atoms with E-state index in [0.29, 0.717) is 5.82 Å². The van der Waals surface area contributed by atoms with E-state index in [2.05, 4.69) is 10.3 Å². The zero-order chi connectivity index (χ0) is 11.9. The van der Waals surface area contributed by atoms with Crippen molar-refractivity contribution in [2.24, 2.45) is 0 Å². The van der Waals surface area contributed by atoms with Gasteiger partial charge in [-0.1, -0.05) is 36.4 Å². The number of amides is 1. The Balaban J connectivity index is 0.00000162. The highest BCUT2D eigenvalue weighted by atomic mass is 35.5. The molecule has 0 radical (unpaired) electrons. The second-order valence-electron chi connectivity index (χ2n) is 3.45. The second-order valence-corrected chi connectivity index (χ2v) is 3.45. The van der Waals surface area contributed by atoms with Crippen LogP contribution in [0.15, 0.2) is 60.8 Å². The third kappa shape index (κ3) is 4.39. The normalized spacial score (nSPS) is 9.78. The lowest BCUT2D eigenvalue weighted by Gasteiger charge is -1.99. The van der Waals surface area contributed by atoms with E-state index >= 15 is 0 Å². The fourth-order valence-corrected chi connectivity index (χ4v) is 1.34. The standard InChI is InChI=1S/C14H12N2O.ClH/c17-14(16-13-8-4-5-11-15-13)10-9-12-6-2-1-3-7-12;/h1-11H,(H,15,16,17);1H. The van der Waals surface area contributed by atoms with Crippen LogP contribution in [-0.2, 0) is 4.79 Å². The molecule has 2 aromatic rings. The first-order chi connectivity index (χ1) is 8.34. The topological polar surface area (TPSA) is 42.0 Å². The van der Waals surface area contributed by atoms with E-state index in [1.54, 1.807) is 24.4 Å². The molecule has 0 saturated carbocycles. The number of carbonyl (C=O) groups is 1. The third-order valence-electron chi connectivity index (χ3n) is 2.14. The minimum atomic E-state index is -0.187. The molecule has 1 heterocycles. The summed E-state index contributed by atoms with van der Waals surface area (Å²) >= 11 is 0. The molecule has 0 saturated heterocycles. The van der Waals surface area contributed by atoms with E-state index in [0.717, 1.165) is 5.56 Å². The molecule has 0 aliphatic heterocycles. The van der Waals surface area contributed by atoms with Crippen molar-refractivity contribution in [2.75, 3.05) is 5.32 Å². The van der Waals surface area contributed by atoms with Crippen LogP contribution in [0.5, 0.6) is 0 Å². The number of pyridine rings is 1. The second kappa shape index (κ2) is 7.25. The summed E-state index contributed by atoms with van der Waals surface area (Å²) in [6, 6.07) is 15.0. The predicted octanol–water partition coefficient (Wildman–Crippen LogP) is 3.16. The Hall–Kier alpha value is -2.13. The Morgan fingerprint density at radius 3 is 2.44 bits per heavy atom. The van der Waals surface area contributed by atoms with E-state index < -0.39 is 0 Å². The Morgan fingerprint density at radius 1 is 1.06 bits per heavy atom. The van der Waals surface area contributed by atoms with Gasteiger partial charge in [-0.25, -0.2) is 4.98 Å². The lowest BCUT2D eigenvalue weighted by atomic mass is 10.2. The van der Waals surface area contributed by atoms with Crippen LogP contribution in [0.2, 0.25) is 0 Å². The van der Waals surface area contributed by atoms with Crippen molar-refractivity contribution in [2.45, 2.75) is 0 Å². The zero-order valence-corrected chi connectivity index (χ0v) is 10.4. The van der Waals surface area contributed by atoms with E-state index in [1.165, 1.54) is 6.08 Å². The van der Waals surface area contributed by atoms with Gasteiger partial charge in [0.1, 0.15) is 5.82 Å². The van der Waals surface area contributed by atoms with Gasteiger partial charge in [-0.2, -0.15) is 0 Å². The largest absolute Gasteiger partial charge is 0.307 e. The number of rotatable bonds is 3. The number of hydrogen-bond donors (Lipinski definition) is 1. The molecule has 0 aliphatic carbocycles. The molecule has 0 aliphatic rings. The van der Waals surface area contributed by atoms with E-state index in [9.17, 15) is 4.79 Å². The number of anilines is 1. The van der Waals surface area contributed by atoms with Crippen LogP contribution in [0.3, 0.4) is 0 Å². The molecule has 1 N–H and O–H groups in total. The number of carbonyl (C=O) groups excluding carboxylic acids is 1. The number of aromatic nitrogens is 1. The van der Waals surface area contributed by atoms with Crippen LogP contribution in [0.4, 0.5) is 5.82 Å². The molecule has 0 fully saturated rings. The highest BCUT2D eigenvalue weighted by Crippen LogP contribution is 2.03. The number of nitrogens with zero attached hydrogens (tertiary/aromatic N) is 1. The highest BCUT2D eigenvalue weighted by molar-refractivity contribution is 6.01. The molecule has 0 bridgehead atoms. The van der Waals surface area contributed by atoms with Gasteiger partial charge in [0.25, 0.3) is 0 Å². The van der Waals surface area contributed by atoms with Gasteiger partial charge >= 0.3 is 0 Å². The van der Waals surface area contributed by atoms with Crippen LogP contribution in [-0.4, -0.2) is 10.9 Å². The summed E-state index contributed by atoms with van der Waals surface area (Å²) in [5.41, 5.74) is 0.990. The van der Waals surface area contributed by atoms with Gasteiger partial charge < -0.3 is 5.32 Å². The molecule has 2 rings (SSSR count). The van der Waals surface area contributed by atoms with Crippen molar-refractivity contribution in [3.63, 3.8) is 0 Å². The lowest BCUT2D eigenvalue weighted by molar-refractivity contribution is -0.111. The van der Waals surface area contributed by atoms with Crippen molar-refractivity contribution in [1.82, 2.24) is 4.98 Å². The van der Waals surface area contributed by atoms with Gasteiger partial charge in [0.05, 0.1) is 0 Å². The summed E-state index contributed by atoms with van der Waals surface area (Å²) < 4.78 is 0. The van der Waals surface area contributed by atoms with Gasteiger partial charge in [0.2, 0.25) is 5.91 Å². The Labute approximate surface area is 112 Å². The number of halogens is 1. The quantitative estimate of drug-likeness (QED) is 0.862. The maximum absolute atomic E-state index is 11.5. The van der Waals surface area contributed by atoms with Crippen molar-refractivity contribution in [1.29, 1.82) is 0 Å². The summed E-state index contributed by atoms with van der Waals surface area (Å²) in [6.45, 7) is 0. The average Bonchev–Trinajstić information content (AvgIpc) is 2.39. The first kappa shape index (κ1) is 13.9. The molecule has 18 heavy (non-hydrogen) atoms. The number of hydrogen-bond acceptors (Lipinski definition) is 2. The molecule has 92 valence electrons. The van der Waals surface area contributed by atoms with Crippen molar-refractivity contribution < 1.29 is 4.79 Å². The molecular formula is C14H13ClN2O.